The van der Waals surface area contributed by atoms with E-state index in [0.717, 1.165) is 25.0 Å². The third kappa shape index (κ3) is 6.43. The molecule has 0 aliphatic carbocycles. The van der Waals surface area contributed by atoms with Crippen LogP contribution in [-0.4, -0.2) is 12.9 Å². The summed E-state index contributed by atoms with van der Waals surface area (Å²) in [6, 6.07) is 8.33. The number of hydrogen-bond acceptors (Lipinski definition) is 2. The first kappa shape index (κ1) is 14.7. The van der Waals surface area contributed by atoms with E-state index in [1.807, 2.05) is 12.4 Å². The fraction of sp³-hybridized carbons (Fsp3) is 0.562. The van der Waals surface area contributed by atoms with E-state index in [4.69, 9.17) is 4.74 Å². The Labute approximate surface area is 110 Å². The minimum absolute atomic E-state index is 0.514. The van der Waals surface area contributed by atoms with Crippen LogP contribution in [0, 0.1) is 0 Å². The van der Waals surface area contributed by atoms with Crippen molar-refractivity contribution in [2.24, 2.45) is 0 Å². The summed E-state index contributed by atoms with van der Waals surface area (Å²) < 4.78 is 5.67. The van der Waals surface area contributed by atoms with Gasteiger partial charge in [-0.2, -0.15) is 0 Å². The smallest absolute Gasteiger partial charge is 0.198 e. The third-order valence-corrected chi connectivity index (χ3v) is 2.91. The lowest BCUT2D eigenvalue weighted by atomic mass is 10.1. The Morgan fingerprint density at radius 1 is 1.17 bits per heavy atom. The lowest BCUT2D eigenvalue weighted by Gasteiger charge is -2.07. The maximum Gasteiger partial charge on any atom is 0.198 e. The molecule has 0 aliphatic heterocycles. The molecule has 0 fully saturated rings. The average molecular weight is 247 g/mol. The van der Waals surface area contributed by atoms with Crippen LogP contribution in [0.15, 0.2) is 24.3 Å². The van der Waals surface area contributed by atoms with Crippen molar-refractivity contribution in [1.82, 2.24) is 0 Å². The highest BCUT2D eigenvalue weighted by Gasteiger charge is 1.97. The monoisotopic (exact) mass is 247 g/mol. The molecule has 1 radical (unpaired) electrons. The van der Waals surface area contributed by atoms with Gasteiger partial charge in [-0.1, -0.05) is 31.9 Å². The molecule has 0 bridgehead atoms. The van der Waals surface area contributed by atoms with Crippen molar-refractivity contribution < 1.29 is 9.53 Å². The first-order valence-electron chi connectivity index (χ1n) is 6.93. The van der Waals surface area contributed by atoms with Crippen LogP contribution in [0.1, 0.15) is 51.0 Å². The zero-order valence-electron chi connectivity index (χ0n) is 11.3. The number of benzene rings is 1. The molecule has 0 heterocycles. The van der Waals surface area contributed by atoms with Crippen LogP contribution in [-0.2, 0) is 11.2 Å². The van der Waals surface area contributed by atoms with E-state index >= 15 is 0 Å². The van der Waals surface area contributed by atoms with Gasteiger partial charge in [0.1, 0.15) is 5.75 Å². The molecule has 0 saturated carbocycles. The van der Waals surface area contributed by atoms with Gasteiger partial charge in [0.25, 0.3) is 0 Å². The van der Waals surface area contributed by atoms with Crippen LogP contribution in [0.2, 0.25) is 0 Å². The quantitative estimate of drug-likeness (QED) is 0.582. The van der Waals surface area contributed by atoms with Gasteiger partial charge in [0, 0.05) is 6.42 Å². The second-order valence-electron chi connectivity index (χ2n) is 4.55. The predicted molar refractivity (Wildman–Crippen MR) is 74.7 cm³/mol. The highest BCUT2D eigenvalue weighted by molar-refractivity contribution is 5.50. The van der Waals surface area contributed by atoms with Crippen molar-refractivity contribution in [3.63, 3.8) is 0 Å². The van der Waals surface area contributed by atoms with E-state index in [1.54, 1.807) is 0 Å². The number of rotatable bonds is 10. The molecule has 0 aliphatic rings. The van der Waals surface area contributed by atoms with Crippen molar-refractivity contribution in [2.75, 3.05) is 6.61 Å². The van der Waals surface area contributed by atoms with Crippen LogP contribution in [0.25, 0.3) is 0 Å². The topological polar surface area (TPSA) is 26.3 Å². The summed E-state index contributed by atoms with van der Waals surface area (Å²) in [7, 11) is 0. The van der Waals surface area contributed by atoms with Crippen molar-refractivity contribution in [2.45, 2.75) is 51.9 Å². The molecule has 0 amide bonds. The Bertz CT molecular complexity index is 334. The molecule has 1 aromatic carbocycles. The summed E-state index contributed by atoms with van der Waals surface area (Å²) in [4.78, 5) is 10.0. The van der Waals surface area contributed by atoms with E-state index in [2.05, 4.69) is 25.1 Å². The molecule has 2 heteroatoms. The van der Waals surface area contributed by atoms with Gasteiger partial charge < -0.3 is 4.74 Å². The van der Waals surface area contributed by atoms with Gasteiger partial charge in [0.2, 0.25) is 0 Å². The Kier molecular flexibility index (Phi) is 7.94. The molecule has 18 heavy (non-hydrogen) atoms. The lowest BCUT2D eigenvalue weighted by Crippen LogP contribution is -1.98. The van der Waals surface area contributed by atoms with E-state index in [1.165, 1.54) is 24.8 Å². The van der Waals surface area contributed by atoms with Crippen molar-refractivity contribution in [3.05, 3.63) is 29.8 Å². The zero-order valence-corrected chi connectivity index (χ0v) is 11.3. The van der Waals surface area contributed by atoms with Crippen LogP contribution in [0.4, 0.5) is 0 Å². The summed E-state index contributed by atoms with van der Waals surface area (Å²) in [5.74, 6) is 0.944. The number of aryl methyl sites for hydroxylation is 1. The van der Waals surface area contributed by atoms with Gasteiger partial charge in [-0.25, -0.2) is 0 Å². The molecule has 0 aromatic heterocycles. The van der Waals surface area contributed by atoms with Crippen LogP contribution >= 0.6 is 0 Å². The van der Waals surface area contributed by atoms with Gasteiger partial charge >= 0.3 is 0 Å². The van der Waals surface area contributed by atoms with Crippen molar-refractivity contribution in [3.8, 4) is 5.75 Å². The summed E-state index contributed by atoms with van der Waals surface area (Å²) in [6.07, 6.45) is 9.10. The van der Waals surface area contributed by atoms with Gasteiger partial charge in [-0.3, -0.25) is 4.79 Å². The van der Waals surface area contributed by atoms with Crippen LogP contribution in [0.3, 0.4) is 0 Å². The fourth-order valence-corrected chi connectivity index (χ4v) is 1.86. The molecule has 1 aromatic rings. The van der Waals surface area contributed by atoms with E-state index in [-0.39, 0.29) is 0 Å². The summed E-state index contributed by atoms with van der Waals surface area (Å²) >= 11 is 0. The first-order chi connectivity index (χ1) is 8.86. The lowest BCUT2D eigenvalue weighted by molar-refractivity contribution is 0.307. The van der Waals surface area contributed by atoms with Crippen molar-refractivity contribution in [1.29, 1.82) is 0 Å². The minimum atomic E-state index is 0.514. The molecule has 99 valence electrons. The number of ether oxygens (including phenoxy) is 1. The SMILES string of the molecule is CCCCCc1cccc(OCCCC[C]=O)c1. The molecule has 0 atom stereocenters. The Hall–Kier alpha value is -1.31. The molecule has 0 unspecified atom stereocenters. The Morgan fingerprint density at radius 3 is 2.83 bits per heavy atom. The van der Waals surface area contributed by atoms with Gasteiger partial charge in [-0.05, 0) is 43.4 Å². The number of unbranched alkanes of at least 4 members (excludes halogenated alkanes) is 4. The summed E-state index contributed by atoms with van der Waals surface area (Å²) in [6.45, 7) is 2.90. The van der Waals surface area contributed by atoms with Gasteiger partial charge in [0.05, 0.1) is 6.61 Å². The molecule has 0 saturated heterocycles. The van der Waals surface area contributed by atoms with Crippen molar-refractivity contribution >= 4 is 6.29 Å². The fourth-order valence-electron chi connectivity index (χ4n) is 1.86. The van der Waals surface area contributed by atoms with E-state index in [9.17, 15) is 4.79 Å². The Morgan fingerprint density at radius 2 is 2.06 bits per heavy atom. The summed E-state index contributed by atoms with van der Waals surface area (Å²) in [5.41, 5.74) is 1.35. The maximum atomic E-state index is 10.0. The Balaban J connectivity index is 2.27. The first-order valence-corrected chi connectivity index (χ1v) is 6.93. The molecule has 0 spiro atoms. The number of hydrogen-bond donors (Lipinski definition) is 0. The molecule has 1 rings (SSSR count). The molecule has 2 nitrogen and oxygen atoms in total. The van der Waals surface area contributed by atoms with Gasteiger partial charge in [0.15, 0.2) is 6.29 Å². The van der Waals surface area contributed by atoms with Crippen LogP contribution in [0.5, 0.6) is 5.75 Å². The van der Waals surface area contributed by atoms with E-state index in [0.29, 0.717) is 13.0 Å². The zero-order chi connectivity index (χ0) is 13.1. The third-order valence-electron chi connectivity index (χ3n) is 2.91. The average Bonchev–Trinajstić information content (AvgIpc) is 2.39. The minimum Gasteiger partial charge on any atom is -0.494 e. The standard InChI is InChI=1S/C16H23O2/c1-2-3-5-9-15-10-8-11-16(14-15)18-13-7-4-6-12-17/h8,10-11,14H,2-7,9,13H2,1H3. The van der Waals surface area contributed by atoms with E-state index < -0.39 is 0 Å². The largest absolute Gasteiger partial charge is 0.494 e. The number of carbonyl (C=O) groups excluding carboxylic acids is 1. The molecular weight excluding hydrogens is 224 g/mol. The summed E-state index contributed by atoms with van der Waals surface area (Å²) in [5, 5.41) is 0. The second kappa shape index (κ2) is 9.69. The van der Waals surface area contributed by atoms with Crippen LogP contribution < -0.4 is 4.74 Å². The molecule has 0 N–H and O–H groups in total. The highest BCUT2D eigenvalue weighted by Crippen LogP contribution is 2.16. The predicted octanol–water partition coefficient (Wildman–Crippen LogP) is 4.08. The maximum absolute atomic E-state index is 10.0. The normalized spacial score (nSPS) is 10.3. The highest BCUT2D eigenvalue weighted by atomic mass is 16.5. The van der Waals surface area contributed by atoms with Gasteiger partial charge in [-0.15, -0.1) is 0 Å². The molecular formula is C16H23O2. The second-order valence-corrected chi connectivity index (χ2v) is 4.55.